The van der Waals surface area contributed by atoms with Gasteiger partial charge in [-0.05, 0) is 24.3 Å². The van der Waals surface area contributed by atoms with Crippen molar-refractivity contribution < 1.29 is 9.47 Å². The summed E-state index contributed by atoms with van der Waals surface area (Å²) in [7, 11) is 0. The van der Waals surface area contributed by atoms with Gasteiger partial charge in [0.2, 0.25) is 6.79 Å². The number of nitrogens with zero attached hydrogens (tertiary/aromatic N) is 3. The lowest BCUT2D eigenvalue weighted by molar-refractivity contribution is 0.174. The van der Waals surface area contributed by atoms with Crippen LogP contribution in [0.3, 0.4) is 0 Å². The van der Waals surface area contributed by atoms with Gasteiger partial charge in [-0.1, -0.05) is 0 Å². The van der Waals surface area contributed by atoms with Gasteiger partial charge in [0.1, 0.15) is 11.3 Å². The van der Waals surface area contributed by atoms with Crippen molar-refractivity contribution in [2.45, 2.75) is 5.88 Å². The zero-order chi connectivity index (χ0) is 13.5. The van der Waals surface area contributed by atoms with Crippen molar-refractivity contribution in [3.05, 3.63) is 42.4 Å². The first kappa shape index (κ1) is 11.5. The quantitative estimate of drug-likeness (QED) is 0.680. The average molecular weight is 288 g/mol. The van der Waals surface area contributed by atoms with Gasteiger partial charge in [0.25, 0.3) is 0 Å². The SMILES string of the molecule is ClCc1nc2cccnc2n1-c1ccc2c(c1)OCO2. The van der Waals surface area contributed by atoms with E-state index in [9.17, 15) is 0 Å². The van der Waals surface area contributed by atoms with Crippen molar-refractivity contribution in [3.63, 3.8) is 0 Å². The van der Waals surface area contributed by atoms with Crippen molar-refractivity contribution in [2.75, 3.05) is 6.79 Å². The van der Waals surface area contributed by atoms with E-state index in [-0.39, 0.29) is 6.79 Å². The second-order valence-corrected chi connectivity index (χ2v) is 4.65. The summed E-state index contributed by atoms with van der Waals surface area (Å²) in [5, 5.41) is 0. The molecular weight excluding hydrogens is 278 g/mol. The molecule has 5 nitrogen and oxygen atoms in total. The summed E-state index contributed by atoms with van der Waals surface area (Å²) in [6.07, 6.45) is 1.74. The van der Waals surface area contributed by atoms with Crippen LogP contribution in [-0.4, -0.2) is 21.3 Å². The molecule has 0 spiro atoms. The lowest BCUT2D eigenvalue weighted by Crippen LogP contribution is -2.00. The number of ether oxygens (including phenoxy) is 2. The molecule has 0 aliphatic carbocycles. The number of fused-ring (bicyclic) bond motifs is 2. The molecular formula is C14H10ClN3O2. The molecule has 2 aromatic heterocycles. The van der Waals surface area contributed by atoms with Crippen LogP contribution < -0.4 is 9.47 Å². The Bertz CT molecular complexity index is 800. The minimum atomic E-state index is 0.254. The van der Waals surface area contributed by atoms with Crippen LogP contribution >= 0.6 is 11.6 Å². The van der Waals surface area contributed by atoms with E-state index in [0.717, 1.165) is 34.2 Å². The predicted octanol–water partition coefficient (Wildman–Crippen LogP) is 2.89. The molecule has 0 saturated heterocycles. The van der Waals surface area contributed by atoms with Gasteiger partial charge in [0.05, 0.1) is 11.6 Å². The number of halogens is 1. The first-order valence-electron chi connectivity index (χ1n) is 6.15. The van der Waals surface area contributed by atoms with E-state index in [1.54, 1.807) is 6.20 Å². The van der Waals surface area contributed by atoms with Crippen LogP contribution in [0.1, 0.15) is 5.82 Å². The average Bonchev–Trinajstić information content (AvgIpc) is 3.09. The Morgan fingerprint density at radius 2 is 2.10 bits per heavy atom. The Morgan fingerprint density at radius 3 is 3.00 bits per heavy atom. The standard InChI is InChI=1S/C14H10ClN3O2/c15-7-13-17-10-2-1-5-16-14(10)18(13)9-3-4-11-12(6-9)20-8-19-11/h1-6H,7-8H2. The second kappa shape index (κ2) is 4.38. The van der Waals surface area contributed by atoms with Crippen LogP contribution in [0.5, 0.6) is 11.5 Å². The zero-order valence-electron chi connectivity index (χ0n) is 10.4. The highest BCUT2D eigenvalue weighted by atomic mass is 35.5. The lowest BCUT2D eigenvalue weighted by Gasteiger charge is -2.07. The van der Waals surface area contributed by atoms with Crippen molar-refractivity contribution >= 4 is 22.8 Å². The third-order valence-corrected chi connectivity index (χ3v) is 3.46. The number of hydrogen-bond donors (Lipinski definition) is 0. The van der Waals surface area contributed by atoms with Crippen LogP contribution in [0.4, 0.5) is 0 Å². The number of benzene rings is 1. The van der Waals surface area contributed by atoms with E-state index in [0.29, 0.717) is 5.88 Å². The number of imidazole rings is 1. The Labute approximate surface area is 119 Å². The molecule has 100 valence electrons. The van der Waals surface area contributed by atoms with Crippen LogP contribution in [0.25, 0.3) is 16.9 Å². The maximum Gasteiger partial charge on any atom is 0.231 e. The van der Waals surface area contributed by atoms with E-state index in [2.05, 4.69) is 9.97 Å². The molecule has 0 fully saturated rings. The molecule has 1 aliphatic rings. The summed E-state index contributed by atoms with van der Waals surface area (Å²) >= 11 is 6.00. The van der Waals surface area contributed by atoms with Crippen molar-refractivity contribution in [2.24, 2.45) is 0 Å². The normalized spacial score (nSPS) is 13.1. The predicted molar refractivity (Wildman–Crippen MR) is 74.5 cm³/mol. The number of aromatic nitrogens is 3. The van der Waals surface area contributed by atoms with Crippen LogP contribution in [0, 0.1) is 0 Å². The van der Waals surface area contributed by atoms with Gasteiger partial charge in [-0.3, -0.25) is 4.57 Å². The van der Waals surface area contributed by atoms with E-state index in [4.69, 9.17) is 21.1 Å². The number of pyridine rings is 1. The summed E-state index contributed by atoms with van der Waals surface area (Å²) in [4.78, 5) is 8.89. The molecule has 3 aromatic rings. The molecule has 20 heavy (non-hydrogen) atoms. The van der Waals surface area contributed by atoms with Crippen molar-refractivity contribution in [3.8, 4) is 17.2 Å². The molecule has 0 amide bonds. The second-order valence-electron chi connectivity index (χ2n) is 4.38. The van der Waals surface area contributed by atoms with E-state index in [1.165, 1.54) is 0 Å². The fraction of sp³-hybridized carbons (Fsp3) is 0.143. The van der Waals surface area contributed by atoms with Gasteiger partial charge < -0.3 is 9.47 Å². The Hall–Kier alpha value is -2.27. The summed E-state index contributed by atoms with van der Waals surface area (Å²) in [6, 6.07) is 9.51. The molecule has 4 rings (SSSR count). The fourth-order valence-electron chi connectivity index (χ4n) is 2.34. The number of alkyl halides is 1. The van der Waals surface area contributed by atoms with E-state index in [1.807, 2.05) is 34.9 Å². The maximum atomic E-state index is 6.00. The molecule has 0 N–H and O–H groups in total. The molecule has 0 saturated carbocycles. The van der Waals surface area contributed by atoms with Gasteiger partial charge in [0, 0.05) is 12.3 Å². The minimum Gasteiger partial charge on any atom is -0.454 e. The van der Waals surface area contributed by atoms with Crippen molar-refractivity contribution in [1.29, 1.82) is 0 Å². The van der Waals surface area contributed by atoms with Crippen molar-refractivity contribution in [1.82, 2.24) is 14.5 Å². The molecule has 1 aromatic carbocycles. The lowest BCUT2D eigenvalue weighted by atomic mass is 10.2. The van der Waals surface area contributed by atoms with Gasteiger partial charge in [-0.15, -0.1) is 11.6 Å². The summed E-state index contributed by atoms with van der Waals surface area (Å²) in [6.45, 7) is 0.254. The van der Waals surface area contributed by atoms with Crippen LogP contribution in [0.15, 0.2) is 36.5 Å². The van der Waals surface area contributed by atoms with E-state index < -0.39 is 0 Å². The third-order valence-electron chi connectivity index (χ3n) is 3.22. The maximum absolute atomic E-state index is 6.00. The van der Waals surface area contributed by atoms with Gasteiger partial charge in [0.15, 0.2) is 17.1 Å². The van der Waals surface area contributed by atoms with Gasteiger partial charge >= 0.3 is 0 Å². The van der Waals surface area contributed by atoms with Crippen LogP contribution in [0.2, 0.25) is 0 Å². The number of hydrogen-bond acceptors (Lipinski definition) is 4. The highest BCUT2D eigenvalue weighted by Crippen LogP contribution is 2.34. The first-order valence-corrected chi connectivity index (χ1v) is 6.68. The minimum absolute atomic E-state index is 0.254. The molecule has 1 aliphatic heterocycles. The molecule has 0 unspecified atom stereocenters. The molecule has 3 heterocycles. The summed E-state index contributed by atoms with van der Waals surface area (Å²) in [5.41, 5.74) is 2.51. The Kier molecular flexibility index (Phi) is 2.53. The van der Waals surface area contributed by atoms with Crippen LogP contribution in [-0.2, 0) is 5.88 Å². The van der Waals surface area contributed by atoms with Gasteiger partial charge in [-0.25, -0.2) is 9.97 Å². The van der Waals surface area contributed by atoms with Gasteiger partial charge in [-0.2, -0.15) is 0 Å². The highest BCUT2D eigenvalue weighted by Gasteiger charge is 2.17. The Morgan fingerprint density at radius 1 is 1.20 bits per heavy atom. The molecule has 6 heteroatoms. The smallest absolute Gasteiger partial charge is 0.231 e. The fourth-order valence-corrected chi connectivity index (χ4v) is 2.52. The molecule has 0 radical (unpaired) electrons. The summed E-state index contributed by atoms with van der Waals surface area (Å²) in [5.74, 6) is 2.53. The number of rotatable bonds is 2. The first-order chi connectivity index (χ1) is 9.86. The topological polar surface area (TPSA) is 49.2 Å². The molecule has 0 bridgehead atoms. The monoisotopic (exact) mass is 287 g/mol. The summed E-state index contributed by atoms with van der Waals surface area (Å²) < 4.78 is 12.7. The highest BCUT2D eigenvalue weighted by molar-refractivity contribution is 6.16. The molecule has 0 atom stereocenters. The largest absolute Gasteiger partial charge is 0.454 e. The zero-order valence-corrected chi connectivity index (χ0v) is 11.2. The third kappa shape index (κ3) is 1.63. The Balaban J connectivity index is 1.97. The van der Waals surface area contributed by atoms with E-state index >= 15 is 0 Å².